The topological polar surface area (TPSA) is 69.2 Å². The number of hydrogen-bond acceptors (Lipinski definition) is 6. The summed E-state index contributed by atoms with van der Waals surface area (Å²) in [5.41, 5.74) is 2.98. The van der Waals surface area contributed by atoms with Gasteiger partial charge in [0.15, 0.2) is 0 Å². The highest BCUT2D eigenvalue weighted by molar-refractivity contribution is 7.15. The SMILES string of the molecule is C=Cc1cc(-c2nc(-c3ccc(N(C)C)nc3)sc2CC(=O)[O-])ccc1Cl. The minimum atomic E-state index is -1.15. The van der Waals surface area contributed by atoms with Crippen LogP contribution in [0, 0.1) is 0 Å². The van der Waals surface area contributed by atoms with Crippen molar-refractivity contribution in [2.45, 2.75) is 6.42 Å². The third kappa shape index (κ3) is 4.18. The van der Waals surface area contributed by atoms with Crippen molar-refractivity contribution in [3.8, 4) is 21.8 Å². The van der Waals surface area contributed by atoms with E-state index in [-0.39, 0.29) is 6.42 Å². The molecule has 0 spiro atoms. The molecule has 0 amide bonds. The van der Waals surface area contributed by atoms with Gasteiger partial charge in [-0.2, -0.15) is 0 Å². The van der Waals surface area contributed by atoms with Crippen molar-refractivity contribution in [1.82, 2.24) is 9.97 Å². The number of aliphatic carboxylic acids is 1. The van der Waals surface area contributed by atoms with Crippen molar-refractivity contribution < 1.29 is 9.90 Å². The summed E-state index contributed by atoms with van der Waals surface area (Å²) in [6.45, 7) is 3.75. The van der Waals surface area contributed by atoms with Gasteiger partial charge in [-0.3, -0.25) is 0 Å². The van der Waals surface area contributed by atoms with Gasteiger partial charge in [-0.05, 0) is 29.8 Å². The number of carbonyl (C=O) groups excluding carboxylic acids is 1. The van der Waals surface area contributed by atoms with E-state index in [0.717, 1.165) is 22.5 Å². The molecular formula is C20H17ClN3O2S-. The Morgan fingerprint density at radius 1 is 1.30 bits per heavy atom. The summed E-state index contributed by atoms with van der Waals surface area (Å²) >= 11 is 7.47. The van der Waals surface area contributed by atoms with E-state index in [9.17, 15) is 9.90 Å². The third-order valence-corrected chi connectivity index (χ3v) is 5.39. The van der Waals surface area contributed by atoms with E-state index >= 15 is 0 Å². The fourth-order valence-electron chi connectivity index (χ4n) is 2.58. The van der Waals surface area contributed by atoms with Gasteiger partial charge in [-0.1, -0.05) is 30.3 Å². The summed E-state index contributed by atoms with van der Waals surface area (Å²) in [5, 5.41) is 12.5. The van der Waals surface area contributed by atoms with Crippen LogP contribution in [0.4, 0.5) is 5.82 Å². The number of carboxylic acids is 1. The van der Waals surface area contributed by atoms with E-state index in [1.165, 1.54) is 11.3 Å². The second kappa shape index (κ2) is 7.90. The Labute approximate surface area is 166 Å². The number of halogens is 1. The number of rotatable bonds is 6. The molecule has 0 aliphatic rings. The van der Waals surface area contributed by atoms with Crippen LogP contribution in [0.2, 0.25) is 5.02 Å². The minimum absolute atomic E-state index is 0.206. The molecule has 0 bridgehead atoms. The Bertz CT molecular complexity index is 997. The first kappa shape index (κ1) is 19.1. The molecule has 0 unspecified atom stereocenters. The van der Waals surface area contributed by atoms with Gasteiger partial charge in [-0.25, -0.2) is 9.97 Å². The zero-order chi connectivity index (χ0) is 19.6. The quantitative estimate of drug-likeness (QED) is 0.635. The van der Waals surface area contributed by atoms with Crippen LogP contribution in [-0.4, -0.2) is 30.0 Å². The Morgan fingerprint density at radius 2 is 2.04 bits per heavy atom. The van der Waals surface area contributed by atoms with Crippen LogP contribution in [-0.2, 0) is 11.2 Å². The fourth-order valence-corrected chi connectivity index (χ4v) is 3.83. The van der Waals surface area contributed by atoms with Gasteiger partial charge in [-0.15, -0.1) is 11.3 Å². The Kier molecular flexibility index (Phi) is 5.58. The first-order valence-electron chi connectivity index (χ1n) is 8.14. The second-order valence-corrected chi connectivity index (χ2v) is 7.57. The standard InChI is InChI=1S/C20H18ClN3O2S/c1-4-12-9-13(5-7-15(12)21)19-16(10-18(25)26)27-20(23-19)14-6-8-17(22-11-14)24(2)3/h4-9,11H,1,10H2,2-3H3,(H,25,26)/p-1. The third-order valence-electron chi connectivity index (χ3n) is 3.94. The van der Waals surface area contributed by atoms with Crippen LogP contribution < -0.4 is 10.0 Å². The van der Waals surface area contributed by atoms with Crippen molar-refractivity contribution in [3.63, 3.8) is 0 Å². The van der Waals surface area contributed by atoms with E-state index in [2.05, 4.69) is 16.5 Å². The number of thiazole rings is 1. The lowest BCUT2D eigenvalue weighted by Crippen LogP contribution is -2.24. The average Bonchev–Trinajstić information content (AvgIpc) is 3.05. The van der Waals surface area contributed by atoms with Crippen molar-refractivity contribution in [2.24, 2.45) is 0 Å². The van der Waals surface area contributed by atoms with Crippen molar-refractivity contribution in [1.29, 1.82) is 0 Å². The molecule has 0 aliphatic heterocycles. The number of aromatic nitrogens is 2. The van der Waals surface area contributed by atoms with E-state index in [1.807, 2.05) is 43.3 Å². The first-order valence-corrected chi connectivity index (χ1v) is 9.34. The summed E-state index contributed by atoms with van der Waals surface area (Å²) in [5.74, 6) is -0.316. The number of nitrogens with zero attached hydrogens (tertiary/aromatic N) is 3. The van der Waals surface area contributed by atoms with Crippen LogP contribution in [0.3, 0.4) is 0 Å². The summed E-state index contributed by atoms with van der Waals surface area (Å²) in [4.78, 5) is 22.8. The molecular weight excluding hydrogens is 382 g/mol. The molecule has 0 saturated carbocycles. The predicted molar refractivity (Wildman–Crippen MR) is 109 cm³/mol. The molecule has 0 atom stereocenters. The second-order valence-electron chi connectivity index (χ2n) is 6.08. The van der Waals surface area contributed by atoms with E-state index in [4.69, 9.17) is 11.6 Å². The summed E-state index contributed by atoms with van der Waals surface area (Å²) in [7, 11) is 3.83. The number of pyridine rings is 1. The average molecular weight is 399 g/mol. The zero-order valence-electron chi connectivity index (χ0n) is 14.9. The normalized spacial score (nSPS) is 10.6. The molecule has 0 radical (unpaired) electrons. The maximum Gasteiger partial charge on any atom is 0.127 e. The number of benzene rings is 1. The van der Waals surface area contributed by atoms with E-state index in [0.29, 0.717) is 20.6 Å². The highest BCUT2D eigenvalue weighted by Gasteiger charge is 2.16. The van der Waals surface area contributed by atoms with Gasteiger partial charge >= 0.3 is 0 Å². The highest BCUT2D eigenvalue weighted by atomic mass is 35.5. The highest BCUT2D eigenvalue weighted by Crippen LogP contribution is 2.35. The number of carboxylic acid groups (broad SMARTS) is 1. The predicted octanol–water partition coefficient (Wildman–Crippen LogP) is 3.53. The minimum Gasteiger partial charge on any atom is -0.550 e. The lowest BCUT2D eigenvalue weighted by molar-refractivity contribution is -0.304. The van der Waals surface area contributed by atoms with Gasteiger partial charge in [0, 0.05) is 53.7 Å². The van der Waals surface area contributed by atoms with Gasteiger partial charge in [0.1, 0.15) is 10.8 Å². The molecule has 0 aliphatic carbocycles. The molecule has 3 rings (SSSR count). The lowest BCUT2D eigenvalue weighted by Gasteiger charge is -2.10. The maximum atomic E-state index is 11.2. The Hall–Kier alpha value is -2.70. The van der Waals surface area contributed by atoms with Gasteiger partial charge < -0.3 is 14.8 Å². The number of anilines is 1. The largest absolute Gasteiger partial charge is 0.550 e. The molecule has 2 aromatic heterocycles. The summed E-state index contributed by atoms with van der Waals surface area (Å²) < 4.78 is 0. The summed E-state index contributed by atoms with van der Waals surface area (Å²) in [6.07, 6.45) is 3.18. The fraction of sp³-hybridized carbons (Fsp3) is 0.150. The van der Waals surface area contributed by atoms with Gasteiger partial charge in [0.05, 0.1) is 5.69 Å². The molecule has 3 aromatic rings. The molecule has 0 saturated heterocycles. The van der Waals surface area contributed by atoms with Crippen LogP contribution in [0.15, 0.2) is 43.1 Å². The molecule has 2 heterocycles. The Morgan fingerprint density at radius 3 is 2.63 bits per heavy atom. The maximum absolute atomic E-state index is 11.2. The smallest absolute Gasteiger partial charge is 0.127 e. The monoisotopic (exact) mass is 398 g/mol. The molecule has 5 nitrogen and oxygen atoms in total. The molecule has 1 aromatic carbocycles. The van der Waals surface area contributed by atoms with Crippen LogP contribution in [0.25, 0.3) is 27.9 Å². The molecule has 27 heavy (non-hydrogen) atoms. The van der Waals surface area contributed by atoms with Crippen LogP contribution >= 0.6 is 22.9 Å². The van der Waals surface area contributed by atoms with Crippen molar-refractivity contribution in [3.05, 3.63) is 58.6 Å². The lowest BCUT2D eigenvalue weighted by atomic mass is 10.1. The number of hydrogen-bond donors (Lipinski definition) is 0. The van der Waals surface area contributed by atoms with E-state index < -0.39 is 5.97 Å². The Balaban J connectivity index is 2.08. The van der Waals surface area contributed by atoms with Crippen molar-refractivity contribution >= 4 is 40.8 Å². The van der Waals surface area contributed by atoms with Crippen molar-refractivity contribution in [2.75, 3.05) is 19.0 Å². The van der Waals surface area contributed by atoms with Crippen LogP contribution in [0.1, 0.15) is 10.4 Å². The first-order chi connectivity index (χ1) is 12.9. The molecule has 0 fully saturated rings. The molecule has 0 N–H and O–H groups in total. The zero-order valence-corrected chi connectivity index (χ0v) is 16.5. The molecule has 138 valence electrons. The van der Waals surface area contributed by atoms with Gasteiger partial charge in [0.25, 0.3) is 0 Å². The van der Waals surface area contributed by atoms with E-state index in [1.54, 1.807) is 18.3 Å². The van der Waals surface area contributed by atoms with Gasteiger partial charge in [0.2, 0.25) is 0 Å². The molecule has 7 heteroatoms. The van der Waals surface area contributed by atoms with Crippen LogP contribution in [0.5, 0.6) is 0 Å². The number of carbonyl (C=O) groups is 1. The summed E-state index contributed by atoms with van der Waals surface area (Å²) in [6, 6.07) is 9.24.